The molecule has 0 amide bonds. The molecule has 140 valence electrons. The van der Waals surface area contributed by atoms with Crippen molar-refractivity contribution in [1.29, 1.82) is 0 Å². The van der Waals surface area contributed by atoms with Crippen LogP contribution >= 0.6 is 0 Å². The Labute approximate surface area is 149 Å². The highest BCUT2D eigenvalue weighted by Crippen LogP contribution is 2.34. The molecule has 2 unspecified atom stereocenters. The van der Waals surface area contributed by atoms with Crippen molar-refractivity contribution in [3.63, 3.8) is 0 Å². The SMILES string of the molecule is NC1=NC=CC(N)(C2CCN(Cc3cc(F)ccc3F)CC2)C1[N+](=O)[O-]. The minimum atomic E-state index is -1.26. The van der Waals surface area contributed by atoms with E-state index in [0.29, 0.717) is 31.5 Å². The summed E-state index contributed by atoms with van der Waals surface area (Å²) in [5, 5.41) is 11.4. The molecular weight excluding hydrogens is 344 g/mol. The lowest BCUT2D eigenvalue weighted by molar-refractivity contribution is -0.513. The van der Waals surface area contributed by atoms with Gasteiger partial charge < -0.3 is 11.5 Å². The van der Waals surface area contributed by atoms with Gasteiger partial charge in [0.15, 0.2) is 5.84 Å². The van der Waals surface area contributed by atoms with E-state index < -0.39 is 28.1 Å². The summed E-state index contributed by atoms with van der Waals surface area (Å²) < 4.78 is 27.1. The molecule has 2 aliphatic heterocycles. The molecule has 1 saturated heterocycles. The third-order valence-corrected chi connectivity index (χ3v) is 5.25. The number of nitrogens with zero attached hydrogens (tertiary/aromatic N) is 3. The van der Waals surface area contributed by atoms with Gasteiger partial charge in [0.2, 0.25) is 0 Å². The molecule has 2 heterocycles. The smallest absolute Gasteiger partial charge is 0.290 e. The summed E-state index contributed by atoms with van der Waals surface area (Å²) in [6.45, 7) is 1.44. The van der Waals surface area contributed by atoms with Crippen LogP contribution in [0.5, 0.6) is 0 Å². The number of nitro groups is 1. The topological polar surface area (TPSA) is 111 Å². The molecule has 7 nitrogen and oxygen atoms in total. The van der Waals surface area contributed by atoms with Crippen LogP contribution in [0.4, 0.5) is 8.78 Å². The van der Waals surface area contributed by atoms with Crippen LogP contribution in [0.2, 0.25) is 0 Å². The van der Waals surface area contributed by atoms with E-state index >= 15 is 0 Å². The molecule has 9 heteroatoms. The van der Waals surface area contributed by atoms with Crippen LogP contribution < -0.4 is 11.5 Å². The van der Waals surface area contributed by atoms with Crippen molar-refractivity contribution in [2.45, 2.75) is 31.0 Å². The molecule has 0 aliphatic carbocycles. The van der Waals surface area contributed by atoms with Gasteiger partial charge in [0.05, 0.1) is 0 Å². The summed E-state index contributed by atoms with van der Waals surface area (Å²) in [4.78, 5) is 16.8. The number of hydrogen-bond donors (Lipinski definition) is 2. The van der Waals surface area contributed by atoms with Crippen molar-refractivity contribution in [2.75, 3.05) is 13.1 Å². The van der Waals surface area contributed by atoms with Crippen LogP contribution in [0.25, 0.3) is 0 Å². The second-order valence-electron chi connectivity index (χ2n) is 6.84. The predicted octanol–water partition coefficient (Wildman–Crippen LogP) is 1.40. The van der Waals surface area contributed by atoms with Crippen molar-refractivity contribution in [2.24, 2.45) is 22.4 Å². The normalized spacial score (nSPS) is 27.3. The molecule has 1 fully saturated rings. The molecule has 3 rings (SSSR count). The largest absolute Gasteiger partial charge is 0.381 e. The Morgan fingerprint density at radius 2 is 2.04 bits per heavy atom. The van der Waals surface area contributed by atoms with E-state index in [2.05, 4.69) is 4.99 Å². The fraction of sp³-hybridized carbons (Fsp3) is 0.471. The second-order valence-corrected chi connectivity index (χ2v) is 6.84. The molecule has 0 radical (unpaired) electrons. The van der Waals surface area contributed by atoms with Gasteiger partial charge in [-0.1, -0.05) is 0 Å². The van der Waals surface area contributed by atoms with E-state index in [1.807, 2.05) is 4.90 Å². The third kappa shape index (κ3) is 3.45. The first-order chi connectivity index (χ1) is 12.3. The molecule has 0 spiro atoms. The van der Waals surface area contributed by atoms with E-state index in [4.69, 9.17) is 11.5 Å². The van der Waals surface area contributed by atoms with Gasteiger partial charge in [0.25, 0.3) is 6.04 Å². The Morgan fingerprint density at radius 1 is 1.35 bits per heavy atom. The summed E-state index contributed by atoms with van der Waals surface area (Å²) >= 11 is 0. The molecular formula is C17H21F2N5O2. The molecule has 26 heavy (non-hydrogen) atoms. The number of halogens is 2. The summed E-state index contributed by atoms with van der Waals surface area (Å²) in [5.74, 6) is -1.18. The molecule has 0 saturated carbocycles. The number of amidine groups is 1. The average Bonchev–Trinajstić information content (AvgIpc) is 2.58. The number of rotatable bonds is 4. The highest BCUT2D eigenvalue weighted by molar-refractivity contribution is 5.88. The summed E-state index contributed by atoms with van der Waals surface area (Å²) in [6.07, 6.45) is 4.16. The van der Waals surface area contributed by atoms with Crippen LogP contribution in [-0.2, 0) is 6.54 Å². The van der Waals surface area contributed by atoms with E-state index in [-0.39, 0.29) is 18.3 Å². The Bertz CT molecular complexity index is 762. The van der Waals surface area contributed by atoms with Gasteiger partial charge in [0.1, 0.15) is 17.2 Å². The molecule has 1 aromatic rings. The van der Waals surface area contributed by atoms with Crippen molar-refractivity contribution >= 4 is 5.84 Å². The lowest BCUT2D eigenvalue weighted by Crippen LogP contribution is -2.65. The standard InChI is InChI=1S/C17H21F2N5O2/c18-13-1-2-14(19)11(9-13)10-23-7-3-12(4-8-23)17(21)5-6-22-16(20)15(17)24(25)26/h1-2,5-6,9,12,15H,3-4,7-8,10,21H2,(H2,20,22). The highest BCUT2D eigenvalue weighted by Gasteiger charge is 2.51. The Kier molecular flexibility index (Phi) is 5.01. The van der Waals surface area contributed by atoms with Crippen molar-refractivity contribution in [1.82, 2.24) is 4.90 Å². The third-order valence-electron chi connectivity index (χ3n) is 5.25. The minimum absolute atomic E-state index is 0.0933. The molecule has 0 bridgehead atoms. The Balaban J connectivity index is 1.68. The van der Waals surface area contributed by atoms with Crippen LogP contribution in [0.15, 0.2) is 35.5 Å². The van der Waals surface area contributed by atoms with Crippen molar-refractivity contribution in [3.8, 4) is 0 Å². The van der Waals surface area contributed by atoms with Gasteiger partial charge in [-0.15, -0.1) is 0 Å². The first kappa shape index (κ1) is 18.4. The fourth-order valence-electron chi connectivity index (χ4n) is 3.82. The number of likely N-dealkylation sites (tertiary alicyclic amines) is 1. The lowest BCUT2D eigenvalue weighted by Gasteiger charge is -2.42. The van der Waals surface area contributed by atoms with Gasteiger partial charge in [-0.2, -0.15) is 0 Å². The fourth-order valence-corrected chi connectivity index (χ4v) is 3.82. The van der Waals surface area contributed by atoms with Gasteiger partial charge in [-0.25, -0.2) is 13.8 Å². The minimum Gasteiger partial charge on any atom is -0.381 e. The van der Waals surface area contributed by atoms with Gasteiger partial charge in [-0.3, -0.25) is 15.0 Å². The van der Waals surface area contributed by atoms with Crippen LogP contribution in [0.3, 0.4) is 0 Å². The highest BCUT2D eigenvalue weighted by atomic mass is 19.1. The number of aliphatic imine (C=N–C) groups is 1. The molecule has 1 aromatic carbocycles. The maximum Gasteiger partial charge on any atom is 0.290 e. The summed E-state index contributed by atoms with van der Waals surface area (Å²) in [6, 6.07) is 2.13. The maximum absolute atomic E-state index is 13.8. The predicted molar refractivity (Wildman–Crippen MR) is 92.8 cm³/mol. The Hall–Kier alpha value is -2.39. The summed E-state index contributed by atoms with van der Waals surface area (Å²) in [7, 11) is 0. The van der Waals surface area contributed by atoms with E-state index in [1.54, 1.807) is 6.08 Å². The van der Waals surface area contributed by atoms with E-state index in [0.717, 1.165) is 12.1 Å². The van der Waals surface area contributed by atoms with Crippen molar-refractivity contribution in [3.05, 3.63) is 57.8 Å². The van der Waals surface area contributed by atoms with Crippen molar-refractivity contribution < 1.29 is 13.7 Å². The molecule has 4 N–H and O–H groups in total. The molecule has 2 aliphatic rings. The van der Waals surface area contributed by atoms with Gasteiger partial charge >= 0.3 is 0 Å². The lowest BCUT2D eigenvalue weighted by atomic mass is 9.72. The first-order valence-corrected chi connectivity index (χ1v) is 8.41. The number of hydrogen-bond acceptors (Lipinski definition) is 6. The molecule has 2 atom stereocenters. The quantitative estimate of drug-likeness (QED) is 0.619. The second kappa shape index (κ2) is 7.08. The van der Waals surface area contributed by atoms with E-state index in [9.17, 15) is 18.9 Å². The number of piperidine rings is 1. The zero-order valence-corrected chi connectivity index (χ0v) is 14.1. The van der Waals surface area contributed by atoms with E-state index in [1.165, 1.54) is 12.3 Å². The number of benzene rings is 1. The monoisotopic (exact) mass is 365 g/mol. The van der Waals surface area contributed by atoms with Gasteiger partial charge in [0, 0.05) is 23.2 Å². The number of nitrogens with two attached hydrogens (primary N) is 2. The van der Waals surface area contributed by atoms with Crippen LogP contribution in [0, 0.1) is 27.7 Å². The molecule has 0 aromatic heterocycles. The average molecular weight is 365 g/mol. The maximum atomic E-state index is 13.8. The zero-order chi connectivity index (χ0) is 18.9. The Morgan fingerprint density at radius 3 is 2.69 bits per heavy atom. The van der Waals surface area contributed by atoms with Crippen LogP contribution in [-0.4, -0.2) is 40.3 Å². The first-order valence-electron chi connectivity index (χ1n) is 8.41. The van der Waals surface area contributed by atoms with Crippen LogP contribution in [0.1, 0.15) is 18.4 Å². The zero-order valence-electron chi connectivity index (χ0n) is 14.1. The summed E-state index contributed by atoms with van der Waals surface area (Å²) in [5.41, 5.74) is 11.2. The van der Waals surface area contributed by atoms with Gasteiger partial charge in [-0.05, 0) is 56.1 Å².